The lowest BCUT2D eigenvalue weighted by Gasteiger charge is -2.46. The monoisotopic (exact) mass is 946 g/mol. The summed E-state index contributed by atoms with van der Waals surface area (Å²) in [5.74, 6) is 0. The number of pyridine rings is 1. The van der Waals surface area contributed by atoms with Crippen LogP contribution in [0.1, 0.15) is 153 Å². The first-order valence-electron chi connectivity index (χ1n) is 25.9. The van der Waals surface area contributed by atoms with E-state index in [2.05, 4.69) is 247 Å². The summed E-state index contributed by atoms with van der Waals surface area (Å²) in [5.41, 5.74) is 25.1. The molecule has 0 saturated carbocycles. The Balaban J connectivity index is 1.22. The predicted octanol–water partition coefficient (Wildman–Crippen LogP) is 16.1. The van der Waals surface area contributed by atoms with Gasteiger partial charge >= 0.3 is 0 Å². The maximum absolute atomic E-state index is 5.24. The molecule has 6 aromatic carbocycles. The summed E-state index contributed by atoms with van der Waals surface area (Å²) in [6.07, 6.45) is 1.99. The number of nitrogens with zero attached hydrogens (tertiary/aromatic N) is 3. The van der Waals surface area contributed by atoms with Gasteiger partial charge in [0.15, 0.2) is 0 Å². The molecule has 2 aliphatic carbocycles. The van der Waals surface area contributed by atoms with Gasteiger partial charge in [0.1, 0.15) is 0 Å². The summed E-state index contributed by atoms with van der Waals surface area (Å²) in [6, 6.07) is 53.0. The van der Waals surface area contributed by atoms with Gasteiger partial charge in [0.2, 0.25) is 0 Å². The smallest absolute Gasteiger partial charge is 0.252 e. The number of anilines is 6. The minimum absolute atomic E-state index is 0.00629. The molecule has 3 nitrogen and oxygen atoms in total. The molecule has 0 N–H and O–H groups in total. The molecule has 8 aromatic rings. The van der Waals surface area contributed by atoms with Crippen molar-refractivity contribution in [3.63, 3.8) is 0 Å². The third-order valence-corrected chi connectivity index (χ3v) is 17.8. The number of benzene rings is 6. The molecule has 71 heavy (non-hydrogen) atoms. The highest BCUT2D eigenvalue weighted by Gasteiger charge is 2.55. The van der Waals surface area contributed by atoms with Gasteiger partial charge in [-0.1, -0.05) is 177 Å². The highest BCUT2D eigenvalue weighted by molar-refractivity contribution is 7.16. The van der Waals surface area contributed by atoms with E-state index in [0.717, 1.165) is 5.69 Å². The fourth-order valence-corrected chi connectivity index (χ4v) is 13.6. The van der Waals surface area contributed by atoms with Crippen molar-refractivity contribution in [1.29, 1.82) is 0 Å². The Kier molecular flexibility index (Phi) is 9.67. The first-order valence-corrected chi connectivity index (χ1v) is 26.7. The van der Waals surface area contributed by atoms with Crippen LogP contribution in [0.25, 0.3) is 21.7 Å². The van der Waals surface area contributed by atoms with Gasteiger partial charge in [0.25, 0.3) is 6.71 Å². The fraction of sp³-hybridized carbons (Fsp3) is 0.318. The molecule has 2 aliphatic heterocycles. The Morgan fingerprint density at radius 3 is 1.51 bits per heavy atom. The topological polar surface area (TPSA) is 19.4 Å². The molecular formula is C66H68BN3S. The van der Waals surface area contributed by atoms with Crippen LogP contribution < -0.4 is 26.2 Å². The lowest BCUT2D eigenvalue weighted by molar-refractivity contribution is 0.589. The molecule has 356 valence electrons. The third kappa shape index (κ3) is 6.70. The first kappa shape index (κ1) is 45.9. The maximum atomic E-state index is 5.24. The second-order valence-electron chi connectivity index (χ2n) is 26.2. The van der Waals surface area contributed by atoms with Crippen molar-refractivity contribution >= 4 is 68.6 Å². The Morgan fingerprint density at radius 2 is 0.944 bits per heavy atom. The van der Waals surface area contributed by atoms with E-state index < -0.39 is 5.41 Å². The number of fused-ring (bicyclic) bond motifs is 14. The SMILES string of the molecule is CC(C)(C)c1ccc(N2c3cc(C(C)(C)C)ccc3B3c4cc5c(cc4N(c4ccc(C(C)(C)C)cc4)c4cc(C(C)(C)C)cc2c43)-c2ccccc2C52c3cccnc3-c3sc(C(C)(C)C)cc32)cc1. The summed E-state index contributed by atoms with van der Waals surface area (Å²) in [4.78, 5) is 13.2. The fourth-order valence-electron chi connectivity index (χ4n) is 12.3. The van der Waals surface area contributed by atoms with Gasteiger partial charge in [0.05, 0.1) is 16.0 Å². The standard InChI is InChI=1S/C66H68BN3S/c1-61(2,3)39-22-27-43(28-23-39)69-53-33-41(63(7,8)9)26-31-51(53)67-52-37-49-46(45-19-16-17-20-47(45)66(49)48-21-18-32-68-59(48)60-50(66)38-57(71-60)65(13,14)15)36-54(52)70(44-29-24-40(25-30-44)62(4,5)6)56-35-42(64(10,11)12)34-55(69)58(56)67/h16-38H,1-15H3. The van der Waals surface area contributed by atoms with Crippen LogP contribution in [0, 0.1) is 0 Å². The molecule has 4 heterocycles. The lowest BCUT2D eigenvalue weighted by atomic mass is 9.33. The van der Waals surface area contributed by atoms with Crippen molar-refractivity contribution < 1.29 is 0 Å². The van der Waals surface area contributed by atoms with Gasteiger partial charge < -0.3 is 9.80 Å². The Hall–Kier alpha value is -6.17. The van der Waals surface area contributed by atoms with E-state index in [-0.39, 0.29) is 33.8 Å². The summed E-state index contributed by atoms with van der Waals surface area (Å²) in [6.45, 7) is 35.0. The van der Waals surface area contributed by atoms with Crippen LogP contribution in [0.4, 0.5) is 34.1 Å². The zero-order valence-electron chi connectivity index (χ0n) is 44.6. The van der Waals surface area contributed by atoms with Gasteiger partial charge in [-0.25, -0.2) is 0 Å². The van der Waals surface area contributed by atoms with Crippen LogP contribution in [-0.2, 0) is 32.5 Å². The van der Waals surface area contributed by atoms with Crippen LogP contribution >= 0.6 is 11.3 Å². The molecule has 0 bridgehead atoms. The molecule has 4 aliphatic rings. The Bertz CT molecular complexity index is 3500. The van der Waals surface area contributed by atoms with E-state index in [0.29, 0.717) is 0 Å². The normalized spacial score (nSPS) is 16.6. The molecule has 1 atom stereocenters. The Morgan fingerprint density at radius 1 is 0.423 bits per heavy atom. The minimum Gasteiger partial charge on any atom is -0.311 e. The molecule has 1 spiro atoms. The third-order valence-electron chi connectivity index (χ3n) is 16.3. The van der Waals surface area contributed by atoms with E-state index in [1.165, 1.54) is 116 Å². The van der Waals surface area contributed by atoms with Crippen LogP contribution in [0.2, 0.25) is 0 Å². The predicted molar refractivity (Wildman–Crippen MR) is 306 cm³/mol. The van der Waals surface area contributed by atoms with E-state index in [1.807, 2.05) is 17.5 Å². The van der Waals surface area contributed by atoms with Gasteiger partial charge in [-0.15, -0.1) is 11.3 Å². The average molecular weight is 946 g/mol. The highest BCUT2D eigenvalue weighted by Crippen LogP contribution is 2.65. The highest BCUT2D eigenvalue weighted by atomic mass is 32.1. The van der Waals surface area contributed by atoms with Gasteiger partial charge in [-0.05, 0) is 160 Å². The van der Waals surface area contributed by atoms with E-state index in [4.69, 9.17) is 4.98 Å². The largest absolute Gasteiger partial charge is 0.311 e. The first-order chi connectivity index (χ1) is 33.4. The number of hydrogen-bond acceptors (Lipinski definition) is 4. The quantitative estimate of drug-likeness (QED) is 0.161. The summed E-state index contributed by atoms with van der Waals surface area (Å²) in [7, 11) is 0. The van der Waals surface area contributed by atoms with E-state index >= 15 is 0 Å². The zero-order valence-corrected chi connectivity index (χ0v) is 45.4. The van der Waals surface area contributed by atoms with Crippen molar-refractivity contribution in [2.24, 2.45) is 0 Å². The number of thiophene rings is 1. The number of rotatable bonds is 2. The van der Waals surface area contributed by atoms with Gasteiger partial charge in [-0.3, -0.25) is 4.98 Å². The average Bonchev–Trinajstić information content (AvgIpc) is 3.96. The van der Waals surface area contributed by atoms with Crippen molar-refractivity contribution in [3.8, 4) is 21.7 Å². The maximum Gasteiger partial charge on any atom is 0.252 e. The van der Waals surface area contributed by atoms with Crippen molar-refractivity contribution in [2.75, 3.05) is 9.80 Å². The van der Waals surface area contributed by atoms with Crippen molar-refractivity contribution in [1.82, 2.24) is 4.98 Å². The van der Waals surface area contributed by atoms with Gasteiger partial charge in [0, 0.05) is 45.2 Å². The molecule has 2 aromatic heterocycles. The van der Waals surface area contributed by atoms with Crippen molar-refractivity contribution in [2.45, 2.75) is 136 Å². The van der Waals surface area contributed by atoms with Gasteiger partial charge in [-0.2, -0.15) is 0 Å². The lowest BCUT2D eigenvalue weighted by Crippen LogP contribution is -2.61. The van der Waals surface area contributed by atoms with Crippen LogP contribution in [0.3, 0.4) is 0 Å². The van der Waals surface area contributed by atoms with Crippen LogP contribution in [0.5, 0.6) is 0 Å². The molecule has 0 fully saturated rings. The summed E-state index contributed by atoms with van der Waals surface area (Å²) in [5, 5.41) is 0. The molecule has 1 unspecified atom stereocenters. The Labute approximate surface area is 428 Å². The number of hydrogen-bond donors (Lipinski definition) is 0. The zero-order chi connectivity index (χ0) is 50.1. The number of aromatic nitrogens is 1. The second kappa shape index (κ2) is 15.0. The second-order valence-corrected chi connectivity index (χ2v) is 27.2. The summed E-state index contributed by atoms with van der Waals surface area (Å²) < 4.78 is 0. The van der Waals surface area contributed by atoms with Crippen LogP contribution in [0.15, 0.2) is 140 Å². The van der Waals surface area contributed by atoms with Crippen molar-refractivity contribution in [3.05, 3.63) is 189 Å². The van der Waals surface area contributed by atoms with E-state index in [1.54, 1.807) is 0 Å². The summed E-state index contributed by atoms with van der Waals surface area (Å²) >= 11 is 1.94. The molecule has 0 radical (unpaired) electrons. The molecular weight excluding hydrogens is 878 g/mol. The minimum atomic E-state index is -0.521. The molecule has 0 amide bonds. The molecule has 0 saturated heterocycles. The molecule has 12 rings (SSSR count). The van der Waals surface area contributed by atoms with E-state index in [9.17, 15) is 0 Å². The van der Waals surface area contributed by atoms with Crippen LogP contribution in [-0.4, -0.2) is 11.7 Å². The molecule has 5 heteroatoms.